The molecule has 0 unspecified atom stereocenters. The molecule has 5 rings (SSSR count). The lowest BCUT2D eigenvalue weighted by Crippen LogP contribution is -2.36. The molecule has 26 heavy (non-hydrogen) atoms. The molecule has 0 saturated heterocycles. The first kappa shape index (κ1) is 15.1. The lowest BCUT2D eigenvalue weighted by atomic mass is 10.0. The third kappa shape index (κ3) is 2.29. The Morgan fingerprint density at radius 1 is 1.27 bits per heavy atom. The van der Waals surface area contributed by atoms with Gasteiger partial charge in [-0.1, -0.05) is 25.0 Å². The van der Waals surface area contributed by atoms with Crippen LogP contribution in [0.25, 0.3) is 5.52 Å². The monoisotopic (exact) mass is 349 g/mol. The summed E-state index contributed by atoms with van der Waals surface area (Å²) in [4.78, 5) is 9.91. The van der Waals surface area contributed by atoms with Crippen LogP contribution in [0.1, 0.15) is 48.8 Å². The highest BCUT2D eigenvalue weighted by atomic mass is 16.4. The summed E-state index contributed by atoms with van der Waals surface area (Å²) >= 11 is 0. The van der Waals surface area contributed by atoms with Gasteiger partial charge in [0.25, 0.3) is 0 Å². The maximum absolute atomic E-state index is 5.93. The second-order valence-corrected chi connectivity index (χ2v) is 6.83. The molecule has 0 bridgehead atoms. The zero-order valence-corrected chi connectivity index (χ0v) is 14.6. The fraction of sp³-hybridized carbons (Fsp3) is 0.333. The van der Waals surface area contributed by atoms with Crippen molar-refractivity contribution in [1.82, 2.24) is 29.8 Å². The molecule has 0 aromatic carbocycles. The minimum Gasteiger partial charge on any atom is -0.408 e. The molecule has 0 spiro atoms. The van der Waals surface area contributed by atoms with Crippen LogP contribution < -0.4 is 4.90 Å². The Balaban J connectivity index is 1.63. The van der Waals surface area contributed by atoms with E-state index in [4.69, 9.17) is 9.52 Å². The predicted molar refractivity (Wildman–Crippen MR) is 95.1 cm³/mol. The number of aromatic amines is 1. The molecule has 1 aliphatic rings. The molecule has 8 nitrogen and oxygen atoms in total. The van der Waals surface area contributed by atoms with E-state index in [1.807, 2.05) is 42.8 Å². The van der Waals surface area contributed by atoms with Crippen molar-refractivity contribution in [2.75, 3.05) is 11.4 Å². The van der Waals surface area contributed by atoms with E-state index in [2.05, 4.69) is 31.1 Å². The van der Waals surface area contributed by atoms with Gasteiger partial charge in [-0.25, -0.2) is 9.50 Å². The van der Waals surface area contributed by atoms with E-state index in [0.29, 0.717) is 11.9 Å². The molecule has 4 aromatic heterocycles. The van der Waals surface area contributed by atoms with Crippen LogP contribution in [0.15, 0.2) is 41.2 Å². The normalized spacial score (nSPS) is 17.2. The number of nitrogens with one attached hydrogen (secondary N) is 1. The quantitative estimate of drug-likeness (QED) is 0.612. The standard InChI is InChI=1S/C18H19N7O/c1-11(2)17-21-22-18(26-17)24-8-6-13-15(20-10-19-13)16(24)14-9-12-5-3-4-7-25(12)23-14/h3-5,7,9-11,16H,6,8H2,1-2H3,(H,19,20)/t16-/m1/s1. The highest BCUT2D eigenvalue weighted by Crippen LogP contribution is 2.36. The molecule has 8 heteroatoms. The number of nitrogens with zero attached hydrogens (tertiary/aromatic N) is 6. The summed E-state index contributed by atoms with van der Waals surface area (Å²) in [6.45, 7) is 4.84. The Kier molecular flexibility index (Phi) is 3.31. The van der Waals surface area contributed by atoms with E-state index in [1.165, 1.54) is 0 Å². The van der Waals surface area contributed by atoms with Crippen LogP contribution in [-0.2, 0) is 6.42 Å². The third-order valence-corrected chi connectivity index (χ3v) is 4.76. The first-order valence-corrected chi connectivity index (χ1v) is 8.77. The van der Waals surface area contributed by atoms with E-state index in [1.54, 1.807) is 6.33 Å². The number of anilines is 1. The first-order chi connectivity index (χ1) is 12.7. The molecule has 5 heterocycles. The number of hydrogen-bond acceptors (Lipinski definition) is 6. The molecule has 1 aliphatic heterocycles. The van der Waals surface area contributed by atoms with Crippen molar-refractivity contribution in [3.05, 3.63) is 59.8 Å². The zero-order valence-electron chi connectivity index (χ0n) is 14.6. The van der Waals surface area contributed by atoms with Gasteiger partial charge in [0.2, 0.25) is 5.89 Å². The van der Waals surface area contributed by atoms with Gasteiger partial charge in [0, 0.05) is 30.8 Å². The lowest BCUT2D eigenvalue weighted by molar-refractivity contribution is 0.446. The fourth-order valence-electron chi connectivity index (χ4n) is 3.45. The Bertz CT molecular complexity index is 1030. The molecule has 0 amide bonds. The summed E-state index contributed by atoms with van der Waals surface area (Å²) in [6, 6.07) is 8.45. The Labute approximate surface area is 149 Å². The topological polar surface area (TPSA) is 88.1 Å². The van der Waals surface area contributed by atoms with Crippen LogP contribution in [0.2, 0.25) is 0 Å². The van der Waals surface area contributed by atoms with Crippen LogP contribution in [-0.4, -0.2) is 36.3 Å². The molecule has 1 atom stereocenters. The number of H-pyrrole nitrogens is 1. The maximum Gasteiger partial charge on any atom is 0.319 e. The molecule has 0 aliphatic carbocycles. The van der Waals surface area contributed by atoms with Gasteiger partial charge in [-0.05, 0) is 18.2 Å². The van der Waals surface area contributed by atoms with Gasteiger partial charge in [0.15, 0.2) is 0 Å². The summed E-state index contributed by atoms with van der Waals surface area (Å²) < 4.78 is 7.81. The van der Waals surface area contributed by atoms with E-state index in [-0.39, 0.29) is 12.0 Å². The van der Waals surface area contributed by atoms with Gasteiger partial charge in [-0.2, -0.15) is 5.10 Å². The molecule has 0 radical (unpaired) electrons. The van der Waals surface area contributed by atoms with E-state index >= 15 is 0 Å². The smallest absolute Gasteiger partial charge is 0.319 e. The molecule has 0 saturated carbocycles. The first-order valence-electron chi connectivity index (χ1n) is 8.77. The third-order valence-electron chi connectivity index (χ3n) is 4.76. The zero-order chi connectivity index (χ0) is 17.7. The average Bonchev–Trinajstić information content (AvgIpc) is 3.37. The Morgan fingerprint density at radius 2 is 2.19 bits per heavy atom. The summed E-state index contributed by atoms with van der Waals surface area (Å²) in [7, 11) is 0. The SMILES string of the molecule is CC(C)c1nnc(N2CCc3[nH]cnc3[C@H]2c2cc3ccccn3n2)o1. The number of imidazole rings is 1. The summed E-state index contributed by atoms with van der Waals surface area (Å²) in [6.07, 6.45) is 4.53. The number of pyridine rings is 1. The van der Waals surface area contributed by atoms with Crippen molar-refractivity contribution in [3.8, 4) is 0 Å². The lowest BCUT2D eigenvalue weighted by Gasteiger charge is -2.32. The van der Waals surface area contributed by atoms with Crippen LogP contribution in [0.4, 0.5) is 6.01 Å². The van der Waals surface area contributed by atoms with E-state index in [9.17, 15) is 0 Å². The highest BCUT2D eigenvalue weighted by molar-refractivity contribution is 5.51. The summed E-state index contributed by atoms with van der Waals surface area (Å²) in [5.74, 6) is 0.831. The van der Waals surface area contributed by atoms with Crippen LogP contribution in [0, 0.1) is 0 Å². The molecule has 4 aromatic rings. The van der Waals surface area contributed by atoms with Gasteiger partial charge in [0.05, 0.1) is 23.2 Å². The molecule has 1 N–H and O–H groups in total. The summed E-state index contributed by atoms with van der Waals surface area (Å²) in [5.41, 5.74) is 4.04. The van der Waals surface area contributed by atoms with Crippen molar-refractivity contribution in [2.45, 2.75) is 32.2 Å². The number of aromatic nitrogens is 6. The molecule has 132 valence electrons. The highest BCUT2D eigenvalue weighted by Gasteiger charge is 2.35. The maximum atomic E-state index is 5.93. The van der Waals surface area contributed by atoms with Crippen molar-refractivity contribution < 1.29 is 4.42 Å². The van der Waals surface area contributed by atoms with Gasteiger partial charge in [-0.15, -0.1) is 5.10 Å². The number of hydrogen-bond donors (Lipinski definition) is 1. The average molecular weight is 349 g/mol. The summed E-state index contributed by atoms with van der Waals surface area (Å²) in [5, 5.41) is 13.2. The van der Waals surface area contributed by atoms with E-state index in [0.717, 1.165) is 35.6 Å². The minimum absolute atomic E-state index is 0.162. The predicted octanol–water partition coefficient (Wildman–Crippen LogP) is 2.72. The molecular weight excluding hydrogens is 330 g/mol. The molecule has 0 fully saturated rings. The minimum atomic E-state index is -0.162. The van der Waals surface area contributed by atoms with E-state index < -0.39 is 0 Å². The Hall–Kier alpha value is -3.16. The van der Waals surface area contributed by atoms with Gasteiger partial charge in [0.1, 0.15) is 6.04 Å². The van der Waals surface area contributed by atoms with Crippen LogP contribution in [0.3, 0.4) is 0 Å². The van der Waals surface area contributed by atoms with Crippen molar-refractivity contribution in [1.29, 1.82) is 0 Å². The van der Waals surface area contributed by atoms with Crippen molar-refractivity contribution in [2.24, 2.45) is 0 Å². The second-order valence-electron chi connectivity index (χ2n) is 6.83. The van der Waals surface area contributed by atoms with Crippen molar-refractivity contribution in [3.63, 3.8) is 0 Å². The molecular formula is C18H19N7O. The van der Waals surface area contributed by atoms with Gasteiger partial charge < -0.3 is 14.3 Å². The van der Waals surface area contributed by atoms with Crippen molar-refractivity contribution >= 4 is 11.5 Å². The largest absolute Gasteiger partial charge is 0.408 e. The number of rotatable bonds is 3. The fourth-order valence-corrected chi connectivity index (χ4v) is 3.45. The van der Waals surface area contributed by atoms with Gasteiger partial charge in [-0.3, -0.25) is 0 Å². The second kappa shape index (κ2) is 5.69. The van der Waals surface area contributed by atoms with Gasteiger partial charge >= 0.3 is 6.01 Å². The number of fused-ring (bicyclic) bond motifs is 2. The Morgan fingerprint density at radius 3 is 3.00 bits per heavy atom. The van der Waals surface area contributed by atoms with Crippen LogP contribution >= 0.6 is 0 Å². The van der Waals surface area contributed by atoms with Crippen LogP contribution in [0.5, 0.6) is 0 Å².